The van der Waals surface area contributed by atoms with Crippen LogP contribution in [-0.4, -0.2) is 30.2 Å². The van der Waals surface area contributed by atoms with Crippen molar-refractivity contribution in [1.29, 1.82) is 0 Å². The summed E-state index contributed by atoms with van der Waals surface area (Å²) >= 11 is 6.19. The number of nitrogens with one attached hydrogen (secondary N) is 2. The van der Waals surface area contributed by atoms with E-state index < -0.39 is 5.91 Å². The fraction of sp³-hybridized carbons (Fsp3) is 0.591. The van der Waals surface area contributed by atoms with Gasteiger partial charge < -0.3 is 15.5 Å². The lowest BCUT2D eigenvalue weighted by molar-refractivity contribution is -0.131. The highest BCUT2D eigenvalue weighted by atomic mass is 35.5. The maximum Gasteiger partial charge on any atom is 0.270 e. The molecule has 4 bridgehead atoms. The van der Waals surface area contributed by atoms with Gasteiger partial charge in [0.15, 0.2) is 6.61 Å². The molecule has 0 heterocycles. The molecule has 0 aromatic heterocycles. The van der Waals surface area contributed by atoms with Gasteiger partial charge in [-0.15, -0.1) is 0 Å². The molecule has 4 aliphatic rings. The molecule has 1 aromatic carbocycles. The largest absolute Gasteiger partial charge is 0.386 e. The Kier molecular flexibility index (Phi) is 5.56. The van der Waals surface area contributed by atoms with Crippen LogP contribution in [0.4, 0.5) is 5.69 Å². The van der Waals surface area contributed by atoms with Crippen molar-refractivity contribution in [3.8, 4) is 0 Å². The van der Waals surface area contributed by atoms with E-state index in [0.717, 1.165) is 54.4 Å². The van der Waals surface area contributed by atoms with E-state index in [1.54, 1.807) is 6.07 Å². The number of carbonyl (C=O) groups is 2. The molecule has 4 fully saturated rings. The van der Waals surface area contributed by atoms with Gasteiger partial charge in [-0.05, 0) is 87.3 Å². The van der Waals surface area contributed by atoms with Gasteiger partial charge in [0.1, 0.15) is 6.21 Å². The Bertz CT molecular complexity index is 793. The van der Waals surface area contributed by atoms with Crippen LogP contribution in [0.2, 0.25) is 5.02 Å². The molecule has 4 aliphatic carbocycles. The predicted molar refractivity (Wildman–Crippen MR) is 113 cm³/mol. The standard InChI is InChI=1S/C22H28ClN3O3/c1-13-3-14(2)21(18(23)4-13)25-19(27)11-24-29-12-20(28)26-22-8-15-5-16(9-22)7-17(6-15)10-22/h3-4,11,15-17H,5-10,12H2,1-2H3,(H,25,27)(H,26,28)/b24-11+. The number of hydrogen-bond acceptors (Lipinski definition) is 4. The van der Waals surface area contributed by atoms with E-state index >= 15 is 0 Å². The van der Waals surface area contributed by atoms with Gasteiger partial charge in [-0.2, -0.15) is 0 Å². The van der Waals surface area contributed by atoms with Gasteiger partial charge in [0.2, 0.25) is 0 Å². The Morgan fingerprint density at radius 1 is 1.17 bits per heavy atom. The molecular weight excluding hydrogens is 390 g/mol. The highest BCUT2D eigenvalue weighted by Gasteiger charge is 2.51. The lowest BCUT2D eigenvalue weighted by Crippen LogP contribution is -2.60. The van der Waals surface area contributed by atoms with Crippen molar-refractivity contribution in [3.05, 3.63) is 28.3 Å². The second-order valence-corrected chi connectivity index (χ2v) is 9.59. The summed E-state index contributed by atoms with van der Waals surface area (Å²) < 4.78 is 0. The minimum absolute atomic E-state index is 0.0456. The average Bonchev–Trinajstić information content (AvgIpc) is 2.60. The zero-order valence-electron chi connectivity index (χ0n) is 17.0. The van der Waals surface area contributed by atoms with Gasteiger partial charge >= 0.3 is 0 Å². The van der Waals surface area contributed by atoms with Crippen LogP contribution in [0.25, 0.3) is 0 Å². The quantitative estimate of drug-likeness (QED) is 0.542. The SMILES string of the molecule is Cc1cc(C)c(NC(=O)/C=N/OCC(=O)NC23CC4CC(CC(C4)C2)C3)c(Cl)c1. The topological polar surface area (TPSA) is 79.8 Å². The molecule has 5 rings (SSSR count). The molecule has 2 amide bonds. The van der Waals surface area contributed by atoms with Crippen LogP contribution in [0.15, 0.2) is 17.3 Å². The van der Waals surface area contributed by atoms with Crippen molar-refractivity contribution in [2.75, 3.05) is 11.9 Å². The van der Waals surface area contributed by atoms with Crippen molar-refractivity contribution in [1.82, 2.24) is 5.32 Å². The average molecular weight is 418 g/mol. The van der Waals surface area contributed by atoms with Crippen LogP contribution in [0.1, 0.15) is 49.7 Å². The smallest absolute Gasteiger partial charge is 0.270 e. The van der Waals surface area contributed by atoms with Gasteiger partial charge in [-0.3, -0.25) is 9.59 Å². The van der Waals surface area contributed by atoms with E-state index in [4.69, 9.17) is 16.4 Å². The molecule has 0 spiro atoms. The molecule has 0 saturated heterocycles. The Morgan fingerprint density at radius 3 is 2.38 bits per heavy atom. The lowest BCUT2D eigenvalue weighted by atomic mass is 9.53. The van der Waals surface area contributed by atoms with Crippen molar-refractivity contribution in [2.45, 2.75) is 57.9 Å². The van der Waals surface area contributed by atoms with E-state index in [0.29, 0.717) is 10.7 Å². The zero-order valence-corrected chi connectivity index (χ0v) is 17.7. The number of oxime groups is 1. The first-order valence-electron chi connectivity index (χ1n) is 10.4. The van der Waals surface area contributed by atoms with Gasteiger partial charge in [0.05, 0.1) is 10.7 Å². The third-order valence-electron chi connectivity index (χ3n) is 6.56. The second kappa shape index (κ2) is 7.98. The molecule has 29 heavy (non-hydrogen) atoms. The fourth-order valence-electron chi connectivity index (χ4n) is 6.01. The molecule has 0 radical (unpaired) electrons. The van der Waals surface area contributed by atoms with Crippen molar-refractivity contribution in [2.24, 2.45) is 22.9 Å². The molecule has 1 aromatic rings. The summed E-state index contributed by atoms with van der Waals surface area (Å²) in [5.74, 6) is 1.67. The number of aryl methyl sites for hydroxylation is 2. The van der Waals surface area contributed by atoms with Gasteiger partial charge in [0.25, 0.3) is 11.8 Å². The summed E-state index contributed by atoms with van der Waals surface area (Å²) in [5, 5.41) is 10.0. The molecular formula is C22H28ClN3O3. The molecule has 0 atom stereocenters. The van der Waals surface area contributed by atoms with Crippen LogP contribution < -0.4 is 10.6 Å². The summed E-state index contributed by atoms with van der Waals surface area (Å²) in [6.45, 7) is 3.63. The maximum absolute atomic E-state index is 12.4. The Hall–Kier alpha value is -2.08. The lowest BCUT2D eigenvalue weighted by Gasteiger charge is -2.56. The normalized spacial score (nSPS) is 29.8. The molecule has 2 N–H and O–H groups in total. The van der Waals surface area contributed by atoms with Crippen molar-refractivity contribution < 1.29 is 14.4 Å². The molecule has 6 nitrogen and oxygen atoms in total. The van der Waals surface area contributed by atoms with Crippen LogP contribution in [0.5, 0.6) is 0 Å². The predicted octanol–water partition coefficient (Wildman–Crippen LogP) is 3.98. The monoisotopic (exact) mass is 417 g/mol. The third kappa shape index (κ3) is 4.58. The molecule has 4 saturated carbocycles. The molecule has 156 valence electrons. The van der Waals surface area contributed by atoms with Crippen LogP contribution in [0.3, 0.4) is 0 Å². The molecule has 7 heteroatoms. The minimum atomic E-state index is -0.458. The minimum Gasteiger partial charge on any atom is -0.386 e. The fourth-order valence-corrected chi connectivity index (χ4v) is 6.37. The Balaban J connectivity index is 1.24. The number of halogens is 1. The third-order valence-corrected chi connectivity index (χ3v) is 6.86. The molecule has 0 aliphatic heterocycles. The van der Waals surface area contributed by atoms with Gasteiger partial charge in [0, 0.05) is 5.54 Å². The highest BCUT2D eigenvalue weighted by Crippen LogP contribution is 2.55. The number of rotatable bonds is 6. The van der Waals surface area contributed by atoms with Crippen LogP contribution >= 0.6 is 11.6 Å². The first-order valence-corrected chi connectivity index (χ1v) is 10.7. The van der Waals surface area contributed by atoms with Crippen LogP contribution in [-0.2, 0) is 14.4 Å². The second-order valence-electron chi connectivity index (χ2n) is 9.18. The molecule has 0 unspecified atom stereocenters. The Morgan fingerprint density at radius 2 is 1.79 bits per heavy atom. The maximum atomic E-state index is 12.4. The number of nitrogens with zero attached hydrogens (tertiary/aromatic N) is 1. The van der Waals surface area contributed by atoms with E-state index in [-0.39, 0.29) is 18.1 Å². The number of amides is 2. The highest BCUT2D eigenvalue weighted by molar-refractivity contribution is 6.37. The number of hydrogen-bond donors (Lipinski definition) is 2. The first-order chi connectivity index (χ1) is 13.8. The summed E-state index contributed by atoms with van der Waals surface area (Å²) in [6.07, 6.45) is 8.28. The summed E-state index contributed by atoms with van der Waals surface area (Å²) in [7, 11) is 0. The zero-order chi connectivity index (χ0) is 20.6. The van der Waals surface area contributed by atoms with Crippen LogP contribution in [0, 0.1) is 31.6 Å². The van der Waals surface area contributed by atoms with Gasteiger partial charge in [-0.1, -0.05) is 22.8 Å². The van der Waals surface area contributed by atoms with Crippen molar-refractivity contribution in [3.63, 3.8) is 0 Å². The van der Waals surface area contributed by atoms with Gasteiger partial charge in [-0.25, -0.2) is 0 Å². The summed E-state index contributed by atoms with van der Waals surface area (Å²) in [5.41, 5.74) is 2.39. The Labute approximate surface area is 176 Å². The number of anilines is 1. The van der Waals surface area contributed by atoms with E-state index in [1.165, 1.54) is 19.3 Å². The van der Waals surface area contributed by atoms with E-state index in [2.05, 4.69) is 15.8 Å². The van der Waals surface area contributed by atoms with Crippen molar-refractivity contribution >= 4 is 35.3 Å². The first kappa shape index (κ1) is 20.2. The summed E-state index contributed by atoms with van der Waals surface area (Å²) in [4.78, 5) is 29.5. The van der Waals surface area contributed by atoms with E-state index in [1.807, 2.05) is 19.9 Å². The van der Waals surface area contributed by atoms with E-state index in [9.17, 15) is 9.59 Å². The number of carbonyl (C=O) groups excluding carboxylic acids is 2. The number of benzene rings is 1. The summed E-state index contributed by atoms with van der Waals surface area (Å²) in [6, 6.07) is 3.72.